The lowest BCUT2D eigenvalue weighted by atomic mass is 10.0. The van der Waals surface area contributed by atoms with Crippen molar-refractivity contribution in [2.45, 2.75) is 12.5 Å². The normalized spacial score (nSPS) is 17.9. The summed E-state index contributed by atoms with van der Waals surface area (Å²) in [4.78, 5) is 14.3. The molecule has 0 N–H and O–H groups in total. The van der Waals surface area contributed by atoms with Gasteiger partial charge in [-0.1, -0.05) is 6.08 Å². The van der Waals surface area contributed by atoms with Crippen molar-refractivity contribution in [2.24, 2.45) is 5.10 Å². The van der Waals surface area contributed by atoms with Crippen molar-refractivity contribution in [1.82, 2.24) is 9.91 Å². The molecule has 0 saturated carbocycles. The molecule has 2 aliphatic rings. The van der Waals surface area contributed by atoms with Crippen molar-refractivity contribution < 1.29 is 18.0 Å². The molecule has 29 heavy (non-hydrogen) atoms. The second kappa shape index (κ2) is 7.43. The fraction of sp³-hybridized carbons (Fsp3) is 0.190. The molecule has 0 spiro atoms. The van der Waals surface area contributed by atoms with Crippen LogP contribution in [0.25, 0.3) is 6.08 Å². The average molecular weight is 396 g/mol. The van der Waals surface area contributed by atoms with Crippen LogP contribution in [0.15, 0.2) is 47.1 Å². The number of hydrogen-bond donors (Lipinski definition) is 0. The van der Waals surface area contributed by atoms with Gasteiger partial charge < -0.3 is 4.90 Å². The van der Waals surface area contributed by atoms with Crippen LogP contribution in [-0.2, 0) is 0 Å². The van der Waals surface area contributed by atoms with E-state index in [4.69, 9.17) is 5.26 Å². The lowest BCUT2D eigenvalue weighted by Gasteiger charge is -2.37. The summed E-state index contributed by atoms with van der Waals surface area (Å²) < 4.78 is 40.6. The maximum atomic E-state index is 13.5. The Kier molecular flexibility index (Phi) is 4.80. The predicted octanol–water partition coefficient (Wildman–Crippen LogP) is 4.23. The maximum Gasteiger partial charge on any atom is 0.341 e. The SMILES string of the molecule is N#Cc1cc(F)cc(C=C2CN(C(=O)N3N=CC[C@H]3c3cc(F)cc(F)c3)C2)c1. The van der Waals surface area contributed by atoms with Gasteiger partial charge in [-0.2, -0.15) is 10.4 Å². The Morgan fingerprint density at radius 3 is 2.45 bits per heavy atom. The first-order valence-electron chi connectivity index (χ1n) is 8.89. The molecule has 8 heteroatoms. The van der Waals surface area contributed by atoms with Crippen molar-refractivity contribution in [3.8, 4) is 6.07 Å². The number of hydrazone groups is 1. The monoisotopic (exact) mass is 396 g/mol. The molecule has 2 aromatic carbocycles. The van der Waals surface area contributed by atoms with Gasteiger partial charge in [-0.25, -0.2) is 23.0 Å². The van der Waals surface area contributed by atoms with Crippen LogP contribution in [0.2, 0.25) is 0 Å². The molecule has 0 aromatic heterocycles. The number of nitriles is 1. The summed E-state index contributed by atoms with van der Waals surface area (Å²) in [7, 11) is 0. The van der Waals surface area contributed by atoms with Crippen molar-refractivity contribution in [1.29, 1.82) is 5.26 Å². The number of carbonyl (C=O) groups excluding carboxylic acids is 1. The Morgan fingerprint density at radius 2 is 1.76 bits per heavy atom. The van der Waals surface area contributed by atoms with E-state index in [9.17, 15) is 18.0 Å². The van der Waals surface area contributed by atoms with Gasteiger partial charge in [0.25, 0.3) is 0 Å². The Morgan fingerprint density at radius 1 is 1.07 bits per heavy atom. The first-order chi connectivity index (χ1) is 13.9. The fourth-order valence-electron chi connectivity index (χ4n) is 3.45. The Balaban J connectivity index is 1.45. The third-order valence-corrected chi connectivity index (χ3v) is 4.77. The highest BCUT2D eigenvalue weighted by Crippen LogP contribution is 2.32. The van der Waals surface area contributed by atoms with Crippen LogP contribution in [0.5, 0.6) is 0 Å². The third-order valence-electron chi connectivity index (χ3n) is 4.77. The largest absolute Gasteiger partial charge is 0.341 e. The molecular formula is C21H15F3N4O. The van der Waals surface area contributed by atoms with Crippen LogP contribution in [0.3, 0.4) is 0 Å². The molecule has 0 unspecified atom stereocenters. The fourth-order valence-corrected chi connectivity index (χ4v) is 3.45. The van der Waals surface area contributed by atoms with Crippen LogP contribution in [0.1, 0.15) is 29.2 Å². The molecule has 0 radical (unpaired) electrons. The third kappa shape index (κ3) is 3.85. The van der Waals surface area contributed by atoms with Gasteiger partial charge in [0.15, 0.2) is 0 Å². The van der Waals surface area contributed by atoms with E-state index in [0.29, 0.717) is 30.6 Å². The average Bonchev–Trinajstić information content (AvgIpc) is 3.12. The number of rotatable bonds is 2. The van der Waals surface area contributed by atoms with Gasteiger partial charge in [0.2, 0.25) is 0 Å². The molecule has 2 amide bonds. The number of amides is 2. The molecule has 146 valence electrons. The molecular weight excluding hydrogens is 381 g/mol. The zero-order valence-corrected chi connectivity index (χ0v) is 15.1. The van der Waals surface area contributed by atoms with E-state index < -0.39 is 23.5 Å². The zero-order valence-electron chi connectivity index (χ0n) is 15.1. The summed E-state index contributed by atoms with van der Waals surface area (Å²) >= 11 is 0. The second-order valence-corrected chi connectivity index (χ2v) is 6.92. The summed E-state index contributed by atoms with van der Waals surface area (Å²) in [5.74, 6) is -1.92. The van der Waals surface area contributed by atoms with Crippen LogP contribution in [-0.4, -0.2) is 35.2 Å². The van der Waals surface area contributed by atoms with Crippen molar-refractivity contribution in [3.63, 3.8) is 0 Å². The van der Waals surface area contributed by atoms with Crippen LogP contribution >= 0.6 is 0 Å². The number of benzene rings is 2. The standard InChI is InChI=1S/C21H15F3N4O/c22-17-5-13(3-14(6-17)10-25)4-15-11-27(12-15)21(29)28-20(1-2-26-28)16-7-18(23)9-19(24)8-16/h2-9,20H,1,11-12H2/t20-/m0/s1. The van der Waals surface area contributed by atoms with Gasteiger partial charge in [0.05, 0.1) is 17.7 Å². The van der Waals surface area contributed by atoms with E-state index in [1.165, 1.54) is 34.3 Å². The van der Waals surface area contributed by atoms with E-state index in [1.807, 2.05) is 6.07 Å². The Hall–Kier alpha value is -3.60. The minimum absolute atomic E-state index is 0.223. The van der Waals surface area contributed by atoms with E-state index in [1.54, 1.807) is 12.1 Å². The van der Waals surface area contributed by atoms with Crippen molar-refractivity contribution >= 4 is 18.3 Å². The zero-order chi connectivity index (χ0) is 20.5. The molecule has 2 heterocycles. The van der Waals surface area contributed by atoms with Gasteiger partial charge in [-0.15, -0.1) is 0 Å². The highest BCUT2D eigenvalue weighted by atomic mass is 19.1. The summed E-state index contributed by atoms with van der Waals surface area (Å²) in [5, 5.41) is 14.2. The van der Waals surface area contributed by atoms with E-state index in [2.05, 4.69) is 5.10 Å². The summed E-state index contributed by atoms with van der Waals surface area (Å²) in [5.41, 5.74) is 2.01. The van der Waals surface area contributed by atoms with Crippen LogP contribution in [0.4, 0.5) is 18.0 Å². The first-order valence-corrected chi connectivity index (χ1v) is 8.89. The second-order valence-electron chi connectivity index (χ2n) is 6.92. The highest BCUT2D eigenvalue weighted by Gasteiger charge is 2.35. The molecule has 2 aliphatic heterocycles. The lowest BCUT2D eigenvalue weighted by molar-refractivity contribution is 0.136. The molecule has 1 atom stereocenters. The van der Waals surface area contributed by atoms with Crippen molar-refractivity contribution in [2.75, 3.05) is 13.1 Å². The summed E-state index contributed by atoms with van der Waals surface area (Å²) in [6, 6.07) is 8.17. The van der Waals surface area contributed by atoms with Gasteiger partial charge >= 0.3 is 6.03 Å². The Bertz CT molecular complexity index is 1060. The van der Waals surface area contributed by atoms with Gasteiger partial charge in [-0.3, -0.25) is 0 Å². The quantitative estimate of drug-likeness (QED) is 0.763. The molecule has 1 saturated heterocycles. The molecule has 0 bridgehead atoms. The van der Waals surface area contributed by atoms with Crippen LogP contribution in [0, 0.1) is 28.8 Å². The van der Waals surface area contributed by atoms with Crippen LogP contribution < -0.4 is 0 Å². The summed E-state index contributed by atoms with van der Waals surface area (Å²) in [6.45, 7) is 0.654. The lowest BCUT2D eigenvalue weighted by Crippen LogP contribution is -2.49. The van der Waals surface area contributed by atoms with Crippen molar-refractivity contribution in [3.05, 3.63) is 76.1 Å². The number of halogens is 3. The van der Waals surface area contributed by atoms with Gasteiger partial charge in [-0.05, 0) is 47.0 Å². The summed E-state index contributed by atoms with van der Waals surface area (Å²) in [6.07, 6.45) is 3.64. The number of likely N-dealkylation sites (tertiary alicyclic amines) is 1. The number of nitrogens with zero attached hydrogens (tertiary/aromatic N) is 4. The smallest absolute Gasteiger partial charge is 0.315 e. The predicted molar refractivity (Wildman–Crippen MR) is 100 cm³/mol. The van der Waals surface area contributed by atoms with E-state index in [0.717, 1.165) is 17.7 Å². The number of urea groups is 1. The van der Waals surface area contributed by atoms with E-state index in [-0.39, 0.29) is 11.6 Å². The minimum Gasteiger partial charge on any atom is -0.315 e. The first kappa shape index (κ1) is 18.7. The highest BCUT2D eigenvalue weighted by molar-refractivity contribution is 5.81. The number of hydrogen-bond acceptors (Lipinski definition) is 3. The topological polar surface area (TPSA) is 59.7 Å². The molecule has 1 fully saturated rings. The molecule has 0 aliphatic carbocycles. The maximum absolute atomic E-state index is 13.5. The van der Waals surface area contributed by atoms with Gasteiger partial charge in [0.1, 0.15) is 17.5 Å². The molecule has 4 rings (SSSR count). The molecule has 5 nitrogen and oxygen atoms in total. The molecule has 2 aromatic rings. The number of carbonyl (C=O) groups is 1. The minimum atomic E-state index is -0.708. The van der Waals surface area contributed by atoms with E-state index >= 15 is 0 Å². The van der Waals surface area contributed by atoms with Gasteiger partial charge in [0, 0.05) is 31.8 Å². The Labute approximate surface area is 165 Å².